The maximum Gasteiger partial charge on any atom is 0.352 e. The first-order valence-corrected chi connectivity index (χ1v) is 6.81. The van der Waals surface area contributed by atoms with Crippen molar-refractivity contribution in [2.45, 2.75) is 26.0 Å². The topological polar surface area (TPSA) is 102 Å². The van der Waals surface area contributed by atoms with Crippen molar-refractivity contribution in [1.82, 2.24) is 20.2 Å². The summed E-state index contributed by atoms with van der Waals surface area (Å²) in [6.07, 6.45) is 1.62. The first-order chi connectivity index (χ1) is 10.5. The molecular formula is C14H15N5O3. The van der Waals surface area contributed by atoms with Gasteiger partial charge >= 0.3 is 5.97 Å². The number of carboxylic acids is 1. The number of rotatable bonds is 4. The molecule has 0 saturated heterocycles. The van der Waals surface area contributed by atoms with Gasteiger partial charge in [0.25, 0.3) is 0 Å². The van der Waals surface area contributed by atoms with Crippen molar-refractivity contribution in [1.29, 1.82) is 0 Å². The Kier molecular flexibility index (Phi) is 3.50. The van der Waals surface area contributed by atoms with Crippen molar-refractivity contribution in [3.05, 3.63) is 41.6 Å². The fraction of sp³-hybridized carbons (Fsp3) is 0.286. The summed E-state index contributed by atoms with van der Waals surface area (Å²) in [5.74, 6) is -0.0557. The van der Waals surface area contributed by atoms with Crippen LogP contribution in [0.2, 0.25) is 0 Å². The minimum absolute atomic E-state index is 0.0440. The highest BCUT2D eigenvalue weighted by Crippen LogP contribution is 2.29. The second kappa shape index (κ2) is 5.47. The van der Waals surface area contributed by atoms with E-state index in [1.54, 1.807) is 6.08 Å². The van der Waals surface area contributed by atoms with Gasteiger partial charge in [0.1, 0.15) is 17.5 Å². The van der Waals surface area contributed by atoms with Gasteiger partial charge in [-0.15, -0.1) is 0 Å². The van der Waals surface area contributed by atoms with E-state index >= 15 is 0 Å². The number of hydrogen-bond donors (Lipinski definition) is 2. The minimum Gasteiger partial charge on any atom is -0.491 e. The number of anilines is 1. The standard InChI is InChI=1S/C14H15N5O3/c1-8(2)22-10-5-3-4-9(6-10)12-7-11(13(20)21)15-14-16-17-18-19(12)14/h3-8,12H,1-2H3,(H,20,21)(H,15,16,18)/t12-/m0/s1. The van der Waals surface area contributed by atoms with E-state index in [9.17, 15) is 9.90 Å². The molecule has 1 atom stereocenters. The van der Waals surface area contributed by atoms with Crippen LogP contribution in [0, 0.1) is 0 Å². The number of tetrazole rings is 1. The Hall–Kier alpha value is -2.90. The van der Waals surface area contributed by atoms with Crippen LogP contribution in [0.3, 0.4) is 0 Å². The first-order valence-electron chi connectivity index (χ1n) is 6.81. The SMILES string of the molecule is CC(C)Oc1cccc([C@@H]2C=C(C(=O)O)Nc3nnnn32)c1. The summed E-state index contributed by atoms with van der Waals surface area (Å²) in [5, 5.41) is 23.2. The molecule has 0 unspecified atom stereocenters. The van der Waals surface area contributed by atoms with Crippen molar-refractivity contribution in [3.8, 4) is 5.75 Å². The van der Waals surface area contributed by atoms with Gasteiger partial charge in [0.2, 0.25) is 5.95 Å². The number of carboxylic acid groups (broad SMARTS) is 1. The van der Waals surface area contributed by atoms with E-state index in [0.29, 0.717) is 11.7 Å². The van der Waals surface area contributed by atoms with Gasteiger partial charge in [0.15, 0.2) is 0 Å². The van der Waals surface area contributed by atoms with Gasteiger partial charge in [0.05, 0.1) is 6.10 Å². The summed E-state index contributed by atoms with van der Waals surface area (Å²) in [6, 6.07) is 7.04. The van der Waals surface area contributed by atoms with Crippen molar-refractivity contribution >= 4 is 11.9 Å². The molecule has 8 heteroatoms. The second-order valence-electron chi connectivity index (χ2n) is 5.14. The summed E-state index contributed by atoms with van der Waals surface area (Å²) in [5.41, 5.74) is 0.884. The molecule has 0 amide bonds. The van der Waals surface area contributed by atoms with E-state index in [0.717, 1.165) is 5.56 Å². The molecule has 2 aromatic rings. The first kappa shape index (κ1) is 14.1. The number of aromatic nitrogens is 4. The molecule has 0 bridgehead atoms. The number of nitrogens with one attached hydrogen (secondary N) is 1. The maximum atomic E-state index is 11.2. The molecular weight excluding hydrogens is 286 g/mol. The smallest absolute Gasteiger partial charge is 0.352 e. The van der Waals surface area contributed by atoms with Crippen molar-refractivity contribution < 1.29 is 14.6 Å². The largest absolute Gasteiger partial charge is 0.491 e. The van der Waals surface area contributed by atoms with Crippen LogP contribution < -0.4 is 10.1 Å². The molecule has 3 rings (SSSR count). The Morgan fingerprint density at radius 1 is 1.45 bits per heavy atom. The predicted octanol–water partition coefficient (Wildman–Crippen LogP) is 1.44. The molecule has 2 heterocycles. The van der Waals surface area contributed by atoms with Crippen molar-refractivity contribution in [2.75, 3.05) is 5.32 Å². The minimum atomic E-state index is -1.06. The van der Waals surface area contributed by atoms with Gasteiger partial charge in [-0.05, 0) is 48.0 Å². The lowest BCUT2D eigenvalue weighted by atomic mass is 10.0. The van der Waals surface area contributed by atoms with Gasteiger partial charge < -0.3 is 15.2 Å². The number of nitrogens with zero attached hydrogens (tertiary/aromatic N) is 4. The molecule has 0 spiro atoms. The summed E-state index contributed by atoms with van der Waals surface area (Å²) in [6.45, 7) is 3.89. The fourth-order valence-electron chi connectivity index (χ4n) is 2.26. The molecule has 1 aromatic carbocycles. The molecule has 1 aliphatic heterocycles. The van der Waals surface area contributed by atoms with E-state index < -0.39 is 12.0 Å². The number of benzene rings is 1. The predicted molar refractivity (Wildman–Crippen MR) is 77.5 cm³/mol. The van der Waals surface area contributed by atoms with Crippen LogP contribution >= 0.6 is 0 Å². The maximum absolute atomic E-state index is 11.2. The number of allylic oxidation sites excluding steroid dienone is 1. The Labute approximate surface area is 126 Å². The van der Waals surface area contributed by atoms with Crippen LogP contribution in [0.5, 0.6) is 5.75 Å². The third-order valence-corrected chi connectivity index (χ3v) is 3.13. The van der Waals surface area contributed by atoms with Gasteiger partial charge in [0, 0.05) is 0 Å². The zero-order valence-corrected chi connectivity index (χ0v) is 12.1. The highest BCUT2D eigenvalue weighted by atomic mass is 16.5. The number of carbonyl (C=O) groups is 1. The third-order valence-electron chi connectivity index (χ3n) is 3.13. The second-order valence-corrected chi connectivity index (χ2v) is 5.14. The average Bonchev–Trinajstić information content (AvgIpc) is 2.94. The van der Waals surface area contributed by atoms with E-state index in [2.05, 4.69) is 20.8 Å². The molecule has 1 aromatic heterocycles. The molecule has 0 fully saturated rings. The van der Waals surface area contributed by atoms with Crippen LogP contribution in [0.25, 0.3) is 0 Å². The van der Waals surface area contributed by atoms with E-state index in [-0.39, 0.29) is 11.8 Å². The molecule has 0 saturated carbocycles. The van der Waals surface area contributed by atoms with Crippen LogP contribution in [0.4, 0.5) is 5.95 Å². The van der Waals surface area contributed by atoms with Gasteiger partial charge in [-0.2, -0.15) is 4.68 Å². The van der Waals surface area contributed by atoms with Gasteiger partial charge in [-0.3, -0.25) is 0 Å². The summed E-state index contributed by atoms with van der Waals surface area (Å²) < 4.78 is 7.20. The van der Waals surface area contributed by atoms with Crippen LogP contribution in [-0.4, -0.2) is 37.4 Å². The number of fused-ring (bicyclic) bond motifs is 1. The zero-order chi connectivity index (χ0) is 15.7. The molecule has 8 nitrogen and oxygen atoms in total. The molecule has 0 radical (unpaired) electrons. The van der Waals surface area contributed by atoms with Gasteiger partial charge in [-0.1, -0.05) is 17.2 Å². The van der Waals surface area contributed by atoms with E-state index in [1.807, 2.05) is 38.1 Å². The monoisotopic (exact) mass is 301 g/mol. The highest BCUT2D eigenvalue weighted by molar-refractivity contribution is 5.90. The summed E-state index contributed by atoms with van der Waals surface area (Å²) >= 11 is 0. The Bertz CT molecular complexity index is 738. The van der Waals surface area contributed by atoms with Crippen LogP contribution in [0.1, 0.15) is 25.5 Å². The Morgan fingerprint density at radius 2 is 2.27 bits per heavy atom. The molecule has 2 N–H and O–H groups in total. The number of ether oxygens (including phenoxy) is 1. The van der Waals surface area contributed by atoms with Crippen molar-refractivity contribution in [3.63, 3.8) is 0 Å². The van der Waals surface area contributed by atoms with Crippen LogP contribution in [0.15, 0.2) is 36.0 Å². The lowest BCUT2D eigenvalue weighted by Gasteiger charge is -2.22. The molecule has 22 heavy (non-hydrogen) atoms. The number of aliphatic carboxylic acids is 1. The quantitative estimate of drug-likeness (QED) is 0.881. The lowest BCUT2D eigenvalue weighted by Crippen LogP contribution is -2.24. The number of hydrogen-bond acceptors (Lipinski definition) is 6. The normalized spacial score (nSPS) is 16.7. The van der Waals surface area contributed by atoms with Gasteiger partial charge in [-0.25, -0.2) is 4.79 Å². The van der Waals surface area contributed by atoms with E-state index in [4.69, 9.17) is 4.74 Å². The summed E-state index contributed by atoms with van der Waals surface area (Å²) in [4.78, 5) is 11.2. The molecule has 1 aliphatic rings. The Morgan fingerprint density at radius 3 is 3.00 bits per heavy atom. The van der Waals surface area contributed by atoms with Crippen LogP contribution in [-0.2, 0) is 4.79 Å². The van der Waals surface area contributed by atoms with E-state index in [1.165, 1.54) is 4.68 Å². The third kappa shape index (κ3) is 2.62. The molecule has 114 valence electrons. The van der Waals surface area contributed by atoms with Crippen molar-refractivity contribution in [2.24, 2.45) is 0 Å². The Balaban J connectivity index is 2.01. The highest BCUT2D eigenvalue weighted by Gasteiger charge is 2.26. The zero-order valence-electron chi connectivity index (χ0n) is 12.1. The lowest BCUT2D eigenvalue weighted by molar-refractivity contribution is -0.132. The summed E-state index contributed by atoms with van der Waals surface area (Å²) in [7, 11) is 0. The molecule has 0 aliphatic carbocycles. The average molecular weight is 301 g/mol. The fourth-order valence-corrected chi connectivity index (χ4v) is 2.26.